The smallest absolute Gasteiger partial charge is 0.263 e. The van der Waals surface area contributed by atoms with Crippen molar-refractivity contribution in [2.75, 3.05) is 19.7 Å². The Balaban J connectivity index is 1.60. The largest absolute Gasteiger partial charge is 0.375 e. The third-order valence-corrected chi connectivity index (χ3v) is 4.75. The predicted molar refractivity (Wildman–Crippen MR) is 91.2 cm³/mol. The first-order valence-electron chi connectivity index (χ1n) is 9.04. The fourth-order valence-corrected chi connectivity index (χ4v) is 3.13. The van der Waals surface area contributed by atoms with Gasteiger partial charge in [0.05, 0.1) is 12.7 Å². The highest BCUT2D eigenvalue weighted by atomic mass is 16.5. The SMILES string of the molecule is CC(C)CCC[C@H]1CN(C(=O)c2cnc(C3CC3)[nH]c2=O)CCO1. The Kier molecular flexibility index (Phi) is 5.33. The molecule has 132 valence electrons. The lowest BCUT2D eigenvalue weighted by molar-refractivity contribution is -0.0260. The number of carbonyl (C=O) groups is 1. The van der Waals surface area contributed by atoms with E-state index in [0.29, 0.717) is 37.4 Å². The Bertz CT molecular complexity index is 637. The Hall–Kier alpha value is -1.69. The molecule has 0 unspecified atom stereocenters. The number of morpholine rings is 1. The highest BCUT2D eigenvalue weighted by molar-refractivity contribution is 5.93. The quantitative estimate of drug-likeness (QED) is 0.867. The van der Waals surface area contributed by atoms with Crippen LogP contribution >= 0.6 is 0 Å². The lowest BCUT2D eigenvalue weighted by Crippen LogP contribution is -2.47. The monoisotopic (exact) mass is 333 g/mol. The van der Waals surface area contributed by atoms with E-state index in [1.54, 1.807) is 4.90 Å². The molecule has 1 N–H and O–H groups in total. The van der Waals surface area contributed by atoms with E-state index in [1.807, 2.05) is 0 Å². The van der Waals surface area contributed by atoms with E-state index in [2.05, 4.69) is 23.8 Å². The molecule has 24 heavy (non-hydrogen) atoms. The lowest BCUT2D eigenvalue weighted by Gasteiger charge is -2.33. The van der Waals surface area contributed by atoms with Gasteiger partial charge in [-0.3, -0.25) is 9.59 Å². The summed E-state index contributed by atoms with van der Waals surface area (Å²) in [7, 11) is 0. The zero-order valence-corrected chi connectivity index (χ0v) is 14.6. The highest BCUT2D eigenvalue weighted by Gasteiger charge is 2.29. The van der Waals surface area contributed by atoms with Crippen LogP contribution < -0.4 is 5.56 Å². The molecule has 2 fully saturated rings. The number of aromatic nitrogens is 2. The Labute approximate surface area is 142 Å². The van der Waals surface area contributed by atoms with Gasteiger partial charge in [-0.1, -0.05) is 26.7 Å². The van der Waals surface area contributed by atoms with Crippen molar-refractivity contribution in [2.24, 2.45) is 5.92 Å². The molecule has 1 amide bonds. The first-order chi connectivity index (χ1) is 11.5. The van der Waals surface area contributed by atoms with Gasteiger partial charge in [-0.15, -0.1) is 0 Å². The van der Waals surface area contributed by atoms with Gasteiger partial charge in [-0.2, -0.15) is 0 Å². The van der Waals surface area contributed by atoms with Crippen molar-refractivity contribution in [3.05, 3.63) is 27.9 Å². The summed E-state index contributed by atoms with van der Waals surface area (Å²) in [5.74, 6) is 1.53. The van der Waals surface area contributed by atoms with Crippen molar-refractivity contribution in [3.63, 3.8) is 0 Å². The first kappa shape index (κ1) is 17.1. The minimum Gasteiger partial charge on any atom is -0.375 e. The van der Waals surface area contributed by atoms with E-state index >= 15 is 0 Å². The van der Waals surface area contributed by atoms with Gasteiger partial charge in [0.15, 0.2) is 0 Å². The maximum Gasteiger partial charge on any atom is 0.263 e. The summed E-state index contributed by atoms with van der Waals surface area (Å²) >= 11 is 0. The molecule has 0 spiro atoms. The zero-order valence-electron chi connectivity index (χ0n) is 14.6. The van der Waals surface area contributed by atoms with Gasteiger partial charge >= 0.3 is 0 Å². The molecule has 1 aliphatic heterocycles. The number of carbonyl (C=O) groups excluding carboxylic acids is 1. The number of nitrogens with one attached hydrogen (secondary N) is 1. The number of hydrogen-bond acceptors (Lipinski definition) is 4. The van der Waals surface area contributed by atoms with E-state index in [1.165, 1.54) is 12.6 Å². The second-order valence-corrected chi connectivity index (χ2v) is 7.35. The highest BCUT2D eigenvalue weighted by Crippen LogP contribution is 2.37. The minimum absolute atomic E-state index is 0.0687. The number of nitrogens with zero attached hydrogens (tertiary/aromatic N) is 2. The van der Waals surface area contributed by atoms with E-state index in [4.69, 9.17) is 4.74 Å². The molecule has 1 aromatic rings. The molecule has 3 rings (SSSR count). The van der Waals surface area contributed by atoms with Crippen molar-refractivity contribution in [1.29, 1.82) is 0 Å². The number of hydrogen-bond donors (Lipinski definition) is 1. The molecular formula is C18H27N3O3. The number of ether oxygens (including phenoxy) is 1. The van der Waals surface area contributed by atoms with Gasteiger partial charge in [0.2, 0.25) is 0 Å². The van der Waals surface area contributed by atoms with Crippen LogP contribution in [0.5, 0.6) is 0 Å². The normalized spacial score (nSPS) is 21.3. The molecule has 0 bridgehead atoms. The number of rotatable bonds is 6. The van der Waals surface area contributed by atoms with Gasteiger partial charge < -0.3 is 14.6 Å². The second kappa shape index (κ2) is 7.47. The molecular weight excluding hydrogens is 306 g/mol. The van der Waals surface area contributed by atoms with Crippen LogP contribution in [-0.2, 0) is 4.74 Å². The minimum atomic E-state index is -0.320. The number of amides is 1. The van der Waals surface area contributed by atoms with Crippen molar-refractivity contribution in [3.8, 4) is 0 Å². The van der Waals surface area contributed by atoms with Crippen molar-refractivity contribution in [1.82, 2.24) is 14.9 Å². The van der Waals surface area contributed by atoms with Crippen LogP contribution in [0.15, 0.2) is 11.0 Å². The van der Waals surface area contributed by atoms with Crippen LogP contribution in [0.3, 0.4) is 0 Å². The van der Waals surface area contributed by atoms with Gasteiger partial charge in [0.25, 0.3) is 11.5 Å². The number of H-pyrrole nitrogens is 1. The molecule has 2 aliphatic rings. The van der Waals surface area contributed by atoms with E-state index in [-0.39, 0.29) is 23.1 Å². The summed E-state index contributed by atoms with van der Waals surface area (Å²) in [4.78, 5) is 33.6. The molecule has 1 saturated carbocycles. The van der Waals surface area contributed by atoms with E-state index < -0.39 is 0 Å². The third kappa shape index (κ3) is 4.23. The first-order valence-corrected chi connectivity index (χ1v) is 9.04. The fourth-order valence-electron chi connectivity index (χ4n) is 3.13. The fraction of sp³-hybridized carbons (Fsp3) is 0.722. The van der Waals surface area contributed by atoms with Crippen molar-refractivity contribution < 1.29 is 9.53 Å². The van der Waals surface area contributed by atoms with Crippen molar-refractivity contribution in [2.45, 2.75) is 58.0 Å². The second-order valence-electron chi connectivity index (χ2n) is 7.35. The summed E-state index contributed by atoms with van der Waals surface area (Å²) in [5.41, 5.74) is -0.179. The van der Waals surface area contributed by atoms with Crippen LogP contribution in [-0.4, -0.2) is 46.6 Å². The Morgan fingerprint density at radius 2 is 2.25 bits per heavy atom. The van der Waals surface area contributed by atoms with Crippen molar-refractivity contribution >= 4 is 5.91 Å². The molecule has 6 heteroatoms. The average Bonchev–Trinajstić information content (AvgIpc) is 3.39. The standard InChI is InChI=1S/C18H27N3O3/c1-12(2)4-3-5-14-11-21(8-9-24-14)18(23)15-10-19-16(13-6-7-13)20-17(15)22/h10,12-14H,3-9,11H2,1-2H3,(H,19,20,22)/t14-/m0/s1. The maximum atomic E-state index is 12.7. The lowest BCUT2D eigenvalue weighted by atomic mass is 10.0. The maximum absolute atomic E-state index is 12.7. The summed E-state index contributed by atoms with van der Waals surface area (Å²) in [5, 5.41) is 0. The Morgan fingerprint density at radius 1 is 1.46 bits per heavy atom. The molecule has 6 nitrogen and oxygen atoms in total. The average molecular weight is 333 g/mol. The molecule has 1 atom stereocenters. The summed E-state index contributed by atoms with van der Waals surface area (Å²) in [6.07, 6.45) is 6.87. The third-order valence-electron chi connectivity index (χ3n) is 4.75. The zero-order chi connectivity index (χ0) is 17.1. The summed E-state index contributed by atoms with van der Waals surface area (Å²) in [6, 6.07) is 0. The van der Waals surface area contributed by atoms with Gasteiger partial charge in [-0.25, -0.2) is 4.98 Å². The molecule has 0 radical (unpaired) electrons. The number of aromatic amines is 1. The van der Waals surface area contributed by atoms with Gasteiger partial charge in [-0.05, 0) is 25.2 Å². The Morgan fingerprint density at radius 3 is 2.92 bits per heavy atom. The molecule has 1 saturated heterocycles. The van der Waals surface area contributed by atoms with E-state index in [0.717, 1.165) is 25.7 Å². The van der Waals surface area contributed by atoms with Crippen LogP contribution in [0.4, 0.5) is 0 Å². The van der Waals surface area contributed by atoms with Crippen LogP contribution in [0.2, 0.25) is 0 Å². The molecule has 2 heterocycles. The summed E-state index contributed by atoms with van der Waals surface area (Å²) in [6.45, 7) is 6.04. The van der Waals surface area contributed by atoms with Crippen LogP contribution in [0, 0.1) is 5.92 Å². The molecule has 0 aromatic carbocycles. The predicted octanol–water partition coefficient (Wildman–Crippen LogP) is 2.31. The van der Waals surface area contributed by atoms with Crippen LogP contribution in [0.25, 0.3) is 0 Å². The molecule has 1 aromatic heterocycles. The van der Waals surface area contributed by atoms with Gasteiger partial charge in [0.1, 0.15) is 11.4 Å². The van der Waals surface area contributed by atoms with E-state index in [9.17, 15) is 9.59 Å². The summed E-state index contributed by atoms with van der Waals surface area (Å²) < 4.78 is 5.77. The van der Waals surface area contributed by atoms with Crippen LogP contribution in [0.1, 0.15) is 68.1 Å². The van der Waals surface area contributed by atoms with Gasteiger partial charge in [0, 0.05) is 25.2 Å². The molecule has 1 aliphatic carbocycles. The topological polar surface area (TPSA) is 75.3 Å².